The number of aryl methyl sites for hydroxylation is 1. The van der Waals surface area contributed by atoms with Crippen LogP contribution in [0.5, 0.6) is 0 Å². The maximum atomic E-state index is 13.5. The number of nitrogens with one attached hydrogen (secondary N) is 1. The average Bonchev–Trinajstić information content (AvgIpc) is 3.17. The first-order valence-corrected chi connectivity index (χ1v) is 15.3. The predicted octanol–water partition coefficient (Wildman–Crippen LogP) is 6.40. The van der Waals surface area contributed by atoms with E-state index < -0.39 is 5.97 Å². The van der Waals surface area contributed by atoms with Gasteiger partial charge in [0, 0.05) is 25.7 Å². The summed E-state index contributed by atoms with van der Waals surface area (Å²) in [5.74, 6) is -0.390. The van der Waals surface area contributed by atoms with E-state index in [1.54, 1.807) is 17.2 Å². The fourth-order valence-electron chi connectivity index (χ4n) is 4.54. The number of unbranched alkanes of at least 4 members (excludes halogenated alkanes) is 9. The van der Waals surface area contributed by atoms with Gasteiger partial charge in [-0.1, -0.05) is 88.3 Å². The molecule has 0 aromatic carbocycles. The summed E-state index contributed by atoms with van der Waals surface area (Å²) in [4.78, 5) is 44.1. The molecule has 1 aliphatic heterocycles. The number of fused-ring (bicyclic) bond motifs is 1. The molecule has 2 aromatic rings. The zero-order valence-electron chi connectivity index (χ0n) is 23.0. The van der Waals surface area contributed by atoms with Crippen molar-refractivity contribution in [1.29, 1.82) is 0 Å². The number of carbonyl (C=O) groups excluding carboxylic acids is 1. The van der Waals surface area contributed by atoms with Crippen molar-refractivity contribution in [2.75, 3.05) is 18.4 Å². The molecule has 0 bridgehead atoms. The Bertz CT molecular complexity index is 1260. The predicted molar refractivity (Wildman–Crippen MR) is 163 cm³/mol. The Hall–Kier alpha value is -2.72. The van der Waals surface area contributed by atoms with Crippen LogP contribution in [0.25, 0.3) is 11.7 Å². The molecule has 3 rings (SSSR count). The van der Waals surface area contributed by atoms with E-state index in [1.165, 1.54) is 16.2 Å². The summed E-state index contributed by atoms with van der Waals surface area (Å²) in [5.41, 5.74) is 1.67. The monoisotopic (exact) mass is 572 g/mol. The van der Waals surface area contributed by atoms with Gasteiger partial charge in [0.05, 0.1) is 10.5 Å². The van der Waals surface area contributed by atoms with Crippen molar-refractivity contribution in [3.63, 3.8) is 0 Å². The quantitative estimate of drug-likeness (QED) is 0.127. The molecule has 1 saturated heterocycles. The number of carboxylic acids is 1. The third-order valence-corrected chi connectivity index (χ3v) is 8.13. The number of carboxylic acid groups (broad SMARTS) is 1. The third-order valence-electron chi connectivity index (χ3n) is 6.75. The second-order valence-corrected chi connectivity index (χ2v) is 11.7. The van der Waals surface area contributed by atoms with E-state index in [1.807, 2.05) is 19.1 Å². The van der Waals surface area contributed by atoms with Gasteiger partial charge < -0.3 is 10.4 Å². The molecule has 0 aliphatic carbocycles. The topological polar surface area (TPSA) is 104 Å². The molecule has 0 radical (unpaired) electrons. The normalized spacial score (nSPS) is 14.6. The molecule has 212 valence electrons. The number of pyridine rings is 1. The highest BCUT2D eigenvalue weighted by atomic mass is 32.2. The van der Waals surface area contributed by atoms with Crippen LogP contribution in [-0.2, 0) is 9.59 Å². The van der Waals surface area contributed by atoms with Crippen LogP contribution in [0.3, 0.4) is 0 Å². The number of aliphatic carboxylic acids is 1. The summed E-state index contributed by atoms with van der Waals surface area (Å²) in [6.45, 7) is 5.34. The Morgan fingerprint density at radius 1 is 1.05 bits per heavy atom. The minimum atomic E-state index is -0.726. The third kappa shape index (κ3) is 9.17. The number of hydrogen-bond acceptors (Lipinski definition) is 7. The van der Waals surface area contributed by atoms with Gasteiger partial charge in [0.25, 0.3) is 11.5 Å². The highest BCUT2D eigenvalue weighted by molar-refractivity contribution is 8.26. The zero-order chi connectivity index (χ0) is 28.2. The summed E-state index contributed by atoms with van der Waals surface area (Å²) in [6, 6.07) is 3.76. The van der Waals surface area contributed by atoms with Gasteiger partial charge in [-0.25, -0.2) is 4.98 Å². The number of aromatic nitrogens is 2. The molecule has 3 heterocycles. The molecule has 2 aromatic heterocycles. The number of rotatable bonds is 17. The molecule has 0 unspecified atom stereocenters. The van der Waals surface area contributed by atoms with E-state index in [0.29, 0.717) is 39.3 Å². The lowest BCUT2D eigenvalue weighted by atomic mass is 10.1. The van der Waals surface area contributed by atoms with Crippen molar-refractivity contribution in [3.8, 4) is 0 Å². The van der Waals surface area contributed by atoms with E-state index in [4.69, 9.17) is 22.3 Å². The first-order chi connectivity index (χ1) is 18.8. The Morgan fingerprint density at radius 3 is 2.44 bits per heavy atom. The summed E-state index contributed by atoms with van der Waals surface area (Å²) in [7, 11) is 0. The number of anilines is 1. The van der Waals surface area contributed by atoms with Crippen molar-refractivity contribution < 1.29 is 14.7 Å². The van der Waals surface area contributed by atoms with E-state index in [9.17, 15) is 14.4 Å². The molecule has 0 spiro atoms. The van der Waals surface area contributed by atoms with Crippen LogP contribution < -0.4 is 10.9 Å². The molecule has 1 amide bonds. The minimum absolute atomic E-state index is 0.158. The number of thiocarbonyl (C=S) groups is 1. The SMILES string of the molecule is CCCCCNc1nc2ccc(C)cn2c(=O)c1/C=C1/SC(=S)N(CCCCCCCCCCC(=O)O)C1=O. The van der Waals surface area contributed by atoms with Crippen LogP contribution in [0.1, 0.15) is 95.1 Å². The summed E-state index contributed by atoms with van der Waals surface area (Å²) in [5, 5.41) is 12.0. The maximum absolute atomic E-state index is 13.5. The number of amides is 1. The Morgan fingerprint density at radius 2 is 1.74 bits per heavy atom. The second-order valence-electron chi connectivity index (χ2n) is 10.1. The Balaban J connectivity index is 1.62. The number of nitrogens with zero attached hydrogens (tertiary/aromatic N) is 3. The molecule has 2 N–H and O–H groups in total. The molecule has 1 fully saturated rings. The van der Waals surface area contributed by atoms with Gasteiger partial charge in [-0.3, -0.25) is 23.7 Å². The molecular formula is C29H40N4O4S2. The van der Waals surface area contributed by atoms with Crippen LogP contribution >= 0.6 is 24.0 Å². The summed E-state index contributed by atoms with van der Waals surface area (Å²) >= 11 is 6.76. The lowest BCUT2D eigenvalue weighted by Gasteiger charge is -2.14. The van der Waals surface area contributed by atoms with Crippen LogP contribution in [0.15, 0.2) is 28.0 Å². The van der Waals surface area contributed by atoms with E-state index in [2.05, 4.69) is 12.2 Å². The molecule has 0 atom stereocenters. The van der Waals surface area contributed by atoms with Gasteiger partial charge in [0.1, 0.15) is 15.8 Å². The van der Waals surface area contributed by atoms with Crippen LogP contribution in [0.2, 0.25) is 0 Å². The minimum Gasteiger partial charge on any atom is -0.481 e. The molecule has 1 aliphatic rings. The Labute approximate surface area is 240 Å². The van der Waals surface area contributed by atoms with Gasteiger partial charge in [-0.15, -0.1) is 0 Å². The standard InChI is InChI=1S/C29H40N4O4S2/c1-3-4-12-17-30-26-22(27(36)33-20-21(2)15-16-24(33)31-26)19-23-28(37)32(29(38)39-23)18-13-10-8-6-5-7-9-11-14-25(34)35/h15-16,19-20,30H,3-14,17-18H2,1-2H3,(H,34,35)/b23-19+. The van der Waals surface area contributed by atoms with Crippen LogP contribution in [0.4, 0.5) is 5.82 Å². The zero-order valence-corrected chi connectivity index (χ0v) is 24.7. The molecule has 10 heteroatoms. The van der Waals surface area contributed by atoms with Crippen LogP contribution in [-0.4, -0.2) is 48.7 Å². The van der Waals surface area contributed by atoms with Gasteiger partial charge >= 0.3 is 5.97 Å². The molecule has 0 saturated carbocycles. The van der Waals surface area contributed by atoms with Crippen molar-refractivity contribution in [3.05, 3.63) is 44.7 Å². The fraction of sp³-hybridized carbons (Fsp3) is 0.552. The summed E-state index contributed by atoms with van der Waals surface area (Å²) < 4.78 is 2.05. The highest BCUT2D eigenvalue weighted by Crippen LogP contribution is 2.33. The smallest absolute Gasteiger partial charge is 0.303 e. The number of hydrogen-bond donors (Lipinski definition) is 2. The van der Waals surface area contributed by atoms with E-state index in [0.717, 1.165) is 76.2 Å². The molecule has 39 heavy (non-hydrogen) atoms. The number of thioether (sulfide) groups is 1. The highest BCUT2D eigenvalue weighted by Gasteiger charge is 2.32. The first kappa shape index (κ1) is 30.8. The van der Waals surface area contributed by atoms with Crippen molar-refractivity contribution in [2.24, 2.45) is 0 Å². The van der Waals surface area contributed by atoms with Crippen molar-refractivity contribution in [2.45, 2.75) is 90.9 Å². The van der Waals surface area contributed by atoms with E-state index >= 15 is 0 Å². The second kappa shape index (κ2) is 15.8. The van der Waals surface area contributed by atoms with Crippen molar-refractivity contribution >= 4 is 57.7 Å². The van der Waals surface area contributed by atoms with Gasteiger partial charge in [0.15, 0.2) is 0 Å². The van der Waals surface area contributed by atoms with E-state index in [-0.39, 0.29) is 17.9 Å². The largest absolute Gasteiger partial charge is 0.481 e. The van der Waals surface area contributed by atoms with Gasteiger partial charge in [-0.2, -0.15) is 0 Å². The van der Waals surface area contributed by atoms with Crippen molar-refractivity contribution in [1.82, 2.24) is 14.3 Å². The van der Waals surface area contributed by atoms with Gasteiger partial charge in [-0.05, 0) is 43.9 Å². The Kier molecular flexibility index (Phi) is 12.5. The lowest BCUT2D eigenvalue weighted by Crippen LogP contribution is -2.29. The molecule has 8 nitrogen and oxygen atoms in total. The lowest BCUT2D eigenvalue weighted by molar-refractivity contribution is -0.137. The van der Waals surface area contributed by atoms with Gasteiger partial charge in [0.2, 0.25) is 0 Å². The fourth-order valence-corrected chi connectivity index (χ4v) is 5.83. The molecular weight excluding hydrogens is 532 g/mol. The maximum Gasteiger partial charge on any atom is 0.303 e. The summed E-state index contributed by atoms with van der Waals surface area (Å²) in [6.07, 6.45) is 14.7. The average molecular weight is 573 g/mol. The van der Waals surface area contributed by atoms with Crippen LogP contribution in [0, 0.1) is 6.92 Å². The first-order valence-electron chi connectivity index (χ1n) is 14.1. The number of carbonyl (C=O) groups is 2.